The summed E-state index contributed by atoms with van der Waals surface area (Å²) in [7, 11) is 0. The zero-order chi connectivity index (χ0) is 13.9. The van der Waals surface area contributed by atoms with Crippen molar-refractivity contribution >= 4 is 5.91 Å². The molecule has 1 fully saturated rings. The zero-order valence-electron chi connectivity index (χ0n) is 11.7. The van der Waals surface area contributed by atoms with Gasteiger partial charge in [-0.3, -0.25) is 4.79 Å². The number of aliphatic hydroxyl groups excluding tert-OH is 1. The molecule has 3 N–H and O–H groups in total. The molecule has 1 aliphatic carbocycles. The minimum Gasteiger partial charge on any atom is -0.393 e. The number of aliphatic hydroxyl groups is 1. The standard InChI is InChI=1S/C16H22N2O2/c19-13-6-4-12(5-7-13)18-16(20)14-3-1-2-11-8-9-17-10-15(11)14/h1-3,12-13,17,19H,4-10H2,(H,18,20). The van der Waals surface area contributed by atoms with Crippen LogP contribution in [0.15, 0.2) is 18.2 Å². The summed E-state index contributed by atoms with van der Waals surface area (Å²) in [6.45, 7) is 1.76. The number of nitrogens with one attached hydrogen (secondary N) is 2. The average molecular weight is 274 g/mol. The van der Waals surface area contributed by atoms with Crippen LogP contribution in [-0.4, -0.2) is 29.7 Å². The maximum absolute atomic E-state index is 12.5. The van der Waals surface area contributed by atoms with E-state index in [9.17, 15) is 9.90 Å². The maximum Gasteiger partial charge on any atom is 0.251 e. The van der Waals surface area contributed by atoms with Gasteiger partial charge in [0.1, 0.15) is 0 Å². The van der Waals surface area contributed by atoms with Crippen molar-refractivity contribution in [2.75, 3.05) is 6.54 Å². The Morgan fingerprint density at radius 2 is 2.05 bits per heavy atom. The van der Waals surface area contributed by atoms with E-state index < -0.39 is 0 Å². The lowest BCUT2D eigenvalue weighted by Gasteiger charge is -2.27. The Hall–Kier alpha value is -1.39. The summed E-state index contributed by atoms with van der Waals surface area (Å²) in [5.74, 6) is 0.0342. The molecular weight excluding hydrogens is 252 g/mol. The quantitative estimate of drug-likeness (QED) is 0.763. The molecule has 0 spiro atoms. The van der Waals surface area contributed by atoms with E-state index in [1.54, 1.807) is 0 Å². The molecule has 1 saturated carbocycles. The van der Waals surface area contributed by atoms with Crippen LogP contribution in [-0.2, 0) is 13.0 Å². The predicted molar refractivity (Wildman–Crippen MR) is 77.6 cm³/mol. The highest BCUT2D eigenvalue weighted by atomic mass is 16.3. The first kappa shape index (κ1) is 13.6. The van der Waals surface area contributed by atoms with Gasteiger partial charge in [-0.2, -0.15) is 0 Å². The van der Waals surface area contributed by atoms with Gasteiger partial charge in [-0.05, 0) is 55.8 Å². The molecule has 4 nitrogen and oxygen atoms in total. The molecular formula is C16H22N2O2. The molecule has 1 aromatic carbocycles. The van der Waals surface area contributed by atoms with Gasteiger partial charge in [-0.25, -0.2) is 0 Å². The van der Waals surface area contributed by atoms with Crippen molar-refractivity contribution in [2.45, 2.75) is 50.8 Å². The Morgan fingerprint density at radius 3 is 2.85 bits per heavy atom. The van der Waals surface area contributed by atoms with Crippen LogP contribution in [0, 0.1) is 0 Å². The molecule has 1 aromatic rings. The molecule has 0 aromatic heterocycles. The molecule has 1 amide bonds. The fourth-order valence-corrected chi connectivity index (χ4v) is 3.21. The maximum atomic E-state index is 12.5. The second-order valence-electron chi connectivity index (χ2n) is 5.85. The minimum absolute atomic E-state index is 0.0342. The lowest BCUT2D eigenvalue weighted by molar-refractivity contribution is 0.0866. The van der Waals surface area contributed by atoms with Crippen molar-refractivity contribution in [3.8, 4) is 0 Å². The molecule has 0 unspecified atom stereocenters. The fourth-order valence-electron chi connectivity index (χ4n) is 3.21. The third-order valence-corrected chi connectivity index (χ3v) is 4.42. The van der Waals surface area contributed by atoms with E-state index in [-0.39, 0.29) is 18.1 Å². The van der Waals surface area contributed by atoms with E-state index in [0.717, 1.165) is 56.3 Å². The summed E-state index contributed by atoms with van der Waals surface area (Å²) in [6.07, 6.45) is 4.14. The van der Waals surface area contributed by atoms with Crippen LogP contribution in [0.5, 0.6) is 0 Å². The molecule has 0 bridgehead atoms. The summed E-state index contributed by atoms with van der Waals surface area (Å²) in [5, 5.41) is 16.0. The number of hydrogen-bond donors (Lipinski definition) is 3. The summed E-state index contributed by atoms with van der Waals surface area (Å²) in [5.41, 5.74) is 3.24. The van der Waals surface area contributed by atoms with Crippen LogP contribution in [0.4, 0.5) is 0 Å². The highest BCUT2D eigenvalue weighted by molar-refractivity contribution is 5.96. The Kier molecular flexibility index (Phi) is 4.03. The lowest BCUT2D eigenvalue weighted by Crippen LogP contribution is -2.39. The monoisotopic (exact) mass is 274 g/mol. The Morgan fingerprint density at radius 1 is 1.25 bits per heavy atom. The largest absolute Gasteiger partial charge is 0.393 e. The van der Waals surface area contributed by atoms with E-state index >= 15 is 0 Å². The molecule has 108 valence electrons. The molecule has 1 heterocycles. The Bertz CT molecular complexity index is 493. The summed E-state index contributed by atoms with van der Waals surface area (Å²) >= 11 is 0. The van der Waals surface area contributed by atoms with Crippen molar-refractivity contribution in [3.63, 3.8) is 0 Å². The minimum atomic E-state index is -0.183. The van der Waals surface area contributed by atoms with Gasteiger partial charge in [-0.15, -0.1) is 0 Å². The van der Waals surface area contributed by atoms with Crippen molar-refractivity contribution in [2.24, 2.45) is 0 Å². The van der Waals surface area contributed by atoms with Gasteiger partial charge in [0.2, 0.25) is 0 Å². The van der Waals surface area contributed by atoms with Crippen molar-refractivity contribution < 1.29 is 9.90 Å². The van der Waals surface area contributed by atoms with E-state index in [1.807, 2.05) is 12.1 Å². The van der Waals surface area contributed by atoms with Crippen molar-refractivity contribution in [3.05, 3.63) is 34.9 Å². The molecule has 2 aliphatic rings. The van der Waals surface area contributed by atoms with E-state index in [1.165, 1.54) is 5.56 Å². The molecule has 0 radical (unpaired) electrons. The smallest absolute Gasteiger partial charge is 0.251 e. The van der Waals surface area contributed by atoms with Gasteiger partial charge in [0.05, 0.1) is 6.10 Å². The van der Waals surface area contributed by atoms with Crippen LogP contribution >= 0.6 is 0 Å². The van der Waals surface area contributed by atoms with Gasteiger partial charge in [-0.1, -0.05) is 12.1 Å². The van der Waals surface area contributed by atoms with Gasteiger partial charge in [0.25, 0.3) is 5.91 Å². The van der Waals surface area contributed by atoms with Crippen LogP contribution < -0.4 is 10.6 Å². The molecule has 3 rings (SSSR count). The highest BCUT2D eigenvalue weighted by Crippen LogP contribution is 2.21. The Balaban J connectivity index is 1.71. The SMILES string of the molecule is O=C(NC1CCC(O)CC1)c1cccc2c1CNCC2. The van der Waals surface area contributed by atoms with Gasteiger partial charge in [0, 0.05) is 18.2 Å². The number of rotatable bonds is 2. The van der Waals surface area contributed by atoms with Gasteiger partial charge < -0.3 is 15.7 Å². The second-order valence-corrected chi connectivity index (χ2v) is 5.85. The number of fused-ring (bicyclic) bond motifs is 1. The van der Waals surface area contributed by atoms with Gasteiger partial charge in [0.15, 0.2) is 0 Å². The number of hydrogen-bond acceptors (Lipinski definition) is 3. The first-order valence-electron chi connectivity index (χ1n) is 7.54. The first-order valence-corrected chi connectivity index (χ1v) is 7.54. The van der Waals surface area contributed by atoms with Crippen LogP contribution in [0.2, 0.25) is 0 Å². The molecule has 4 heteroatoms. The van der Waals surface area contributed by atoms with Crippen LogP contribution in [0.1, 0.15) is 47.2 Å². The first-order chi connectivity index (χ1) is 9.74. The number of carbonyl (C=O) groups excluding carboxylic acids is 1. The number of amides is 1. The number of carbonyl (C=O) groups is 1. The zero-order valence-corrected chi connectivity index (χ0v) is 11.7. The second kappa shape index (κ2) is 5.94. The van der Waals surface area contributed by atoms with Crippen molar-refractivity contribution in [1.29, 1.82) is 0 Å². The molecule has 0 atom stereocenters. The van der Waals surface area contributed by atoms with E-state index in [0.29, 0.717) is 0 Å². The summed E-state index contributed by atoms with van der Waals surface area (Å²) < 4.78 is 0. The van der Waals surface area contributed by atoms with E-state index in [4.69, 9.17) is 0 Å². The van der Waals surface area contributed by atoms with Crippen molar-refractivity contribution in [1.82, 2.24) is 10.6 Å². The third kappa shape index (κ3) is 2.86. The van der Waals surface area contributed by atoms with Crippen LogP contribution in [0.25, 0.3) is 0 Å². The molecule has 0 saturated heterocycles. The lowest BCUT2D eigenvalue weighted by atomic mass is 9.92. The predicted octanol–water partition coefficient (Wildman–Crippen LogP) is 1.37. The Labute approximate surface area is 119 Å². The van der Waals surface area contributed by atoms with Gasteiger partial charge >= 0.3 is 0 Å². The molecule has 20 heavy (non-hydrogen) atoms. The summed E-state index contributed by atoms with van der Waals surface area (Å²) in [4.78, 5) is 12.5. The average Bonchev–Trinajstić information content (AvgIpc) is 2.49. The van der Waals surface area contributed by atoms with Crippen LogP contribution in [0.3, 0.4) is 0 Å². The molecule has 1 aliphatic heterocycles. The highest BCUT2D eigenvalue weighted by Gasteiger charge is 2.23. The van der Waals surface area contributed by atoms with E-state index in [2.05, 4.69) is 16.7 Å². The summed E-state index contributed by atoms with van der Waals surface area (Å²) in [6, 6.07) is 6.21. The number of benzene rings is 1. The fraction of sp³-hybridized carbons (Fsp3) is 0.562. The third-order valence-electron chi connectivity index (χ3n) is 4.42. The topological polar surface area (TPSA) is 61.4 Å². The normalized spacial score (nSPS) is 25.9.